The van der Waals surface area contributed by atoms with Gasteiger partial charge in [0.1, 0.15) is 0 Å². The second kappa shape index (κ2) is 13.8. The van der Waals surface area contributed by atoms with Crippen LogP contribution in [0.5, 0.6) is 0 Å². The van der Waals surface area contributed by atoms with Gasteiger partial charge in [0.05, 0.1) is 22.6 Å². The fourth-order valence-electron chi connectivity index (χ4n) is 8.09. The molecular weight excluding hydrogens is 711 g/mol. The molecule has 0 unspecified atom stereocenters. The van der Waals surface area contributed by atoms with E-state index in [1.165, 1.54) is 47.5 Å². The molecule has 0 amide bonds. The van der Waals surface area contributed by atoms with Crippen LogP contribution in [0, 0.1) is 0 Å². The third-order valence-electron chi connectivity index (χ3n) is 10.9. The van der Waals surface area contributed by atoms with Gasteiger partial charge in [0.25, 0.3) is 0 Å². The predicted octanol–water partition coefficient (Wildman–Crippen LogP) is 14.5. The Hall–Kier alpha value is -7.27. The van der Waals surface area contributed by atoms with E-state index in [1.807, 2.05) is 23.5 Å². The molecule has 0 N–H and O–H groups in total. The first-order chi connectivity index (χ1) is 28.2. The second-order valence-corrected chi connectivity index (χ2v) is 15.4. The summed E-state index contributed by atoms with van der Waals surface area (Å²) in [6, 6.07) is 70.6. The van der Waals surface area contributed by atoms with Gasteiger partial charge in [-0.25, -0.2) is 15.0 Å². The average molecular weight is 744 g/mol. The van der Waals surface area contributed by atoms with Crippen molar-refractivity contribution in [1.29, 1.82) is 0 Å². The highest BCUT2D eigenvalue weighted by Crippen LogP contribution is 2.45. The molecule has 11 rings (SSSR count). The lowest BCUT2D eigenvalue weighted by molar-refractivity contribution is 1.18. The van der Waals surface area contributed by atoms with Crippen LogP contribution in [0.1, 0.15) is 0 Å². The van der Waals surface area contributed by atoms with Crippen LogP contribution in [0.3, 0.4) is 0 Å². The van der Waals surface area contributed by atoms with Gasteiger partial charge in [-0.15, -0.1) is 11.3 Å². The number of nitrogens with zero attached hydrogens (tertiary/aromatic N) is 3. The number of thiophene rings is 1. The van der Waals surface area contributed by atoms with E-state index in [1.54, 1.807) is 0 Å². The van der Waals surface area contributed by atoms with E-state index in [4.69, 9.17) is 15.0 Å². The van der Waals surface area contributed by atoms with Gasteiger partial charge in [-0.05, 0) is 39.6 Å². The number of rotatable bonds is 6. The van der Waals surface area contributed by atoms with E-state index in [0.717, 1.165) is 56.0 Å². The van der Waals surface area contributed by atoms with Crippen molar-refractivity contribution < 1.29 is 0 Å². The number of pyridine rings is 1. The molecule has 57 heavy (non-hydrogen) atoms. The van der Waals surface area contributed by atoms with E-state index < -0.39 is 0 Å². The summed E-state index contributed by atoms with van der Waals surface area (Å²) in [4.78, 5) is 15.9. The van der Waals surface area contributed by atoms with E-state index in [0.29, 0.717) is 5.82 Å². The van der Waals surface area contributed by atoms with Crippen LogP contribution in [-0.2, 0) is 0 Å². The normalized spacial score (nSPS) is 11.5. The lowest BCUT2D eigenvalue weighted by Crippen LogP contribution is -1.96. The average Bonchev–Trinajstić information content (AvgIpc) is 3.69. The standard InChI is InChI=1S/C53H33N3S/c1-3-13-34(14-4-1)35-25-29-39(30-26-35)47-33-46(38-16-5-2-6-17-38)54-53(55-47)40-31-27-37(28-32-40)42-21-12-23-45-50(42)56-51(43-22-11-18-36-15-7-8-19-41(36)43)49-44-20-9-10-24-48(44)57-52(45)49/h1-33H. The van der Waals surface area contributed by atoms with Crippen molar-refractivity contribution in [3.63, 3.8) is 0 Å². The maximum Gasteiger partial charge on any atom is 0.160 e. The highest BCUT2D eigenvalue weighted by Gasteiger charge is 2.20. The highest BCUT2D eigenvalue weighted by molar-refractivity contribution is 7.26. The van der Waals surface area contributed by atoms with E-state index in [2.05, 4.69) is 188 Å². The first-order valence-electron chi connectivity index (χ1n) is 19.2. The molecule has 8 aromatic carbocycles. The number of fused-ring (bicyclic) bond motifs is 6. The summed E-state index contributed by atoms with van der Waals surface area (Å²) in [7, 11) is 0. The van der Waals surface area contributed by atoms with Gasteiger partial charge in [-0.1, -0.05) is 188 Å². The number of hydrogen-bond acceptors (Lipinski definition) is 4. The Kier molecular flexibility index (Phi) is 8.01. The van der Waals surface area contributed by atoms with Gasteiger partial charge in [-0.3, -0.25) is 0 Å². The summed E-state index contributed by atoms with van der Waals surface area (Å²) in [6.45, 7) is 0. The van der Waals surface area contributed by atoms with Crippen LogP contribution in [0.25, 0.3) is 109 Å². The molecule has 0 bridgehead atoms. The van der Waals surface area contributed by atoms with Gasteiger partial charge in [-0.2, -0.15) is 0 Å². The SMILES string of the molecule is c1ccc(-c2ccc(-c3cc(-c4ccccc4)nc(-c4ccc(-c5cccc6c5nc(-c5cccc7ccccc57)c5c7ccccc7sc65)cc4)n3)cc2)cc1. The van der Waals surface area contributed by atoms with Gasteiger partial charge < -0.3 is 0 Å². The molecule has 0 aliphatic rings. The maximum atomic E-state index is 5.60. The Morgan fingerprint density at radius 3 is 1.65 bits per heavy atom. The summed E-state index contributed by atoms with van der Waals surface area (Å²) in [5.41, 5.74) is 12.5. The molecule has 0 atom stereocenters. The van der Waals surface area contributed by atoms with Crippen molar-refractivity contribution in [3.05, 3.63) is 200 Å². The lowest BCUT2D eigenvalue weighted by Gasteiger charge is -2.13. The van der Waals surface area contributed by atoms with Crippen LogP contribution in [0.4, 0.5) is 0 Å². The summed E-state index contributed by atoms with van der Waals surface area (Å²) in [5.74, 6) is 0.686. The topological polar surface area (TPSA) is 38.7 Å². The first kappa shape index (κ1) is 33.1. The minimum Gasteiger partial charge on any atom is -0.246 e. The van der Waals surface area contributed by atoms with Crippen LogP contribution >= 0.6 is 11.3 Å². The number of hydrogen-bond donors (Lipinski definition) is 0. The maximum absolute atomic E-state index is 5.60. The fourth-order valence-corrected chi connectivity index (χ4v) is 9.32. The van der Waals surface area contributed by atoms with E-state index >= 15 is 0 Å². The van der Waals surface area contributed by atoms with Crippen molar-refractivity contribution in [2.75, 3.05) is 0 Å². The molecule has 4 heteroatoms. The summed E-state index contributed by atoms with van der Waals surface area (Å²) in [6.07, 6.45) is 0. The fraction of sp³-hybridized carbons (Fsp3) is 0. The quantitative estimate of drug-likeness (QED) is 0.170. The van der Waals surface area contributed by atoms with Crippen molar-refractivity contribution in [2.45, 2.75) is 0 Å². The van der Waals surface area contributed by atoms with Crippen LogP contribution < -0.4 is 0 Å². The monoisotopic (exact) mass is 743 g/mol. The van der Waals surface area contributed by atoms with E-state index in [9.17, 15) is 0 Å². The number of aromatic nitrogens is 3. The molecule has 3 nitrogen and oxygen atoms in total. The van der Waals surface area contributed by atoms with Crippen molar-refractivity contribution in [1.82, 2.24) is 15.0 Å². The number of benzene rings is 8. The van der Waals surface area contributed by atoms with Crippen molar-refractivity contribution in [2.24, 2.45) is 0 Å². The van der Waals surface area contributed by atoms with Crippen molar-refractivity contribution >= 4 is 53.2 Å². The Labute approximate surface area is 334 Å². The molecule has 0 radical (unpaired) electrons. The van der Waals surface area contributed by atoms with Gasteiger partial charge >= 0.3 is 0 Å². The zero-order valence-electron chi connectivity index (χ0n) is 30.8. The molecule has 0 aliphatic heterocycles. The van der Waals surface area contributed by atoms with Gasteiger partial charge in [0.15, 0.2) is 5.82 Å². The Bertz CT molecular complexity index is 3260. The predicted molar refractivity (Wildman–Crippen MR) is 240 cm³/mol. The van der Waals surface area contributed by atoms with Crippen molar-refractivity contribution in [3.8, 4) is 67.4 Å². The molecule has 0 fully saturated rings. The second-order valence-electron chi connectivity index (χ2n) is 14.3. The first-order valence-corrected chi connectivity index (χ1v) is 20.0. The Morgan fingerprint density at radius 2 is 0.877 bits per heavy atom. The molecule has 0 saturated heterocycles. The van der Waals surface area contributed by atoms with Gasteiger partial charge in [0.2, 0.25) is 0 Å². The van der Waals surface area contributed by atoms with Crippen LogP contribution in [-0.4, -0.2) is 15.0 Å². The molecule has 0 saturated carbocycles. The molecule has 3 aromatic heterocycles. The molecule has 11 aromatic rings. The summed E-state index contributed by atoms with van der Waals surface area (Å²) < 4.78 is 2.53. The zero-order valence-corrected chi connectivity index (χ0v) is 31.6. The smallest absolute Gasteiger partial charge is 0.160 e. The molecule has 3 heterocycles. The minimum absolute atomic E-state index is 0.686. The Balaban J connectivity index is 1.04. The molecule has 0 spiro atoms. The molecule has 266 valence electrons. The summed E-state index contributed by atoms with van der Waals surface area (Å²) in [5, 5.41) is 6.04. The highest BCUT2D eigenvalue weighted by atomic mass is 32.1. The third-order valence-corrected chi connectivity index (χ3v) is 12.1. The number of para-hydroxylation sites is 1. The largest absolute Gasteiger partial charge is 0.246 e. The molecular formula is C53H33N3S. The molecule has 0 aliphatic carbocycles. The zero-order chi connectivity index (χ0) is 37.7. The van der Waals surface area contributed by atoms with E-state index in [-0.39, 0.29) is 0 Å². The van der Waals surface area contributed by atoms with Gasteiger partial charge in [0, 0.05) is 53.4 Å². The van der Waals surface area contributed by atoms with Crippen LogP contribution in [0.2, 0.25) is 0 Å². The Morgan fingerprint density at radius 1 is 0.351 bits per heavy atom. The third kappa shape index (κ3) is 5.86. The minimum atomic E-state index is 0.686. The van der Waals surface area contributed by atoms with Crippen LogP contribution in [0.15, 0.2) is 200 Å². The summed E-state index contributed by atoms with van der Waals surface area (Å²) >= 11 is 1.85. The lowest BCUT2D eigenvalue weighted by atomic mass is 9.95.